The second-order valence-corrected chi connectivity index (χ2v) is 6.97. The summed E-state index contributed by atoms with van der Waals surface area (Å²) < 4.78 is 6.13. The summed E-state index contributed by atoms with van der Waals surface area (Å²) >= 11 is 0. The van der Waals surface area contributed by atoms with Gasteiger partial charge in [-0.15, -0.1) is 0 Å². The number of nitrogens with one attached hydrogen (secondary N) is 1. The van der Waals surface area contributed by atoms with E-state index < -0.39 is 0 Å². The van der Waals surface area contributed by atoms with Gasteiger partial charge < -0.3 is 15.3 Å². The van der Waals surface area contributed by atoms with Crippen molar-refractivity contribution in [1.29, 1.82) is 0 Å². The third-order valence-corrected chi connectivity index (χ3v) is 4.04. The van der Waals surface area contributed by atoms with Gasteiger partial charge in [0.1, 0.15) is 18.0 Å². The molecule has 5 heteroatoms. The molecule has 1 aromatic rings. The van der Waals surface area contributed by atoms with Crippen LogP contribution in [0.1, 0.15) is 65.7 Å². The van der Waals surface area contributed by atoms with Gasteiger partial charge in [0.2, 0.25) is 5.69 Å². The number of hydrogen-bond donors (Lipinski definition) is 1. The van der Waals surface area contributed by atoms with Crippen LogP contribution in [0.25, 0.3) is 0 Å². The van der Waals surface area contributed by atoms with Gasteiger partial charge in [0.25, 0.3) is 0 Å². The van der Waals surface area contributed by atoms with E-state index in [0.717, 1.165) is 50.8 Å². The zero-order chi connectivity index (χ0) is 18.7. The second-order valence-electron chi connectivity index (χ2n) is 6.97. The van der Waals surface area contributed by atoms with Crippen LogP contribution in [0.15, 0.2) is 24.3 Å². The predicted octanol–water partition coefficient (Wildman–Crippen LogP) is 5.01. The molecule has 0 aromatic heterocycles. The van der Waals surface area contributed by atoms with Crippen LogP contribution in [0.2, 0.25) is 0 Å². The number of esters is 1. The number of hydrogen-bond acceptors (Lipinski definition) is 4. The minimum Gasteiger partial charge on any atom is -0.619 e. The zero-order valence-corrected chi connectivity index (χ0v) is 15.8. The number of benzene rings is 1. The molecule has 0 bridgehead atoms. The highest BCUT2D eigenvalue weighted by Gasteiger charge is 2.21. The van der Waals surface area contributed by atoms with Crippen molar-refractivity contribution in [2.75, 3.05) is 11.9 Å². The molecule has 1 aromatic carbocycles. The first-order chi connectivity index (χ1) is 11.9. The lowest BCUT2D eigenvalue weighted by atomic mass is 10.0. The average Bonchev–Trinajstić information content (AvgIpc) is 2.53. The zero-order valence-electron chi connectivity index (χ0n) is 15.8. The van der Waals surface area contributed by atoms with Gasteiger partial charge in [-0.1, -0.05) is 38.3 Å². The summed E-state index contributed by atoms with van der Waals surface area (Å²) in [5.74, 6) is -0.100. The molecule has 25 heavy (non-hydrogen) atoms. The molecule has 0 fully saturated rings. The Balaban J connectivity index is 2.15. The van der Waals surface area contributed by atoms with Gasteiger partial charge in [0, 0.05) is 19.0 Å². The minimum atomic E-state index is -0.354. The number of ether oxygens (including phenoxy) is 1. The third-order valence-electron chi connectivity index (χ3n) is 4.04. The van der Waals surface area contributed by atoms with Crippen molar-refractivity contribution >= 4 is 24.1 Å². The molecule has 0 aliphatic rings. The van der Waals surface area contributed by atoms with Crippen LogP contribution in [0.3, 0.4) is 0 Å². The third kappa shape index (κ3) is 8.57. The van der Waals surface area contributed by atoms with Crippen LogP contribution >= 0.6 is 0 Å². The van der Waals surface area contributed by atoms with Gasteiger partial charge in [-0.3, -0.25) is 4.79 Å². The number of carbonyl (C=O) groups is 1. The highest BCUT2D eigenvalue weighted by atomic mass is 16.6. The molecular formula is C20H32N2O3. The van der Waals surface area contributed by atoms with Gasteiger partial charge in [0.15, 0.2) is 0 Å². The Morgan fingerprint density at radius 1 is 1.24 bits per heavy atom. The minimum absolute atomic E-state index is 0.100. The molecule has 0 radical (unpaired) electrons. The molecule has 0 spiro atoms. The Morgan fingerprint density at radius 3 is 2.60 bits per heavy atom. The molecule has 0 atom stereocenters. The first kappa shape index (κ1) is 21.0. The molecule has 0 aliphatic heterocycles. The fraction of sp³-hybridized carbons (Fsp3) is 0.600. The lowest BCUT2D eigenvalue weighted by Crippen LogP contribution is -2.27. The Labute approximate surface area is 151 Å². The van der Waals surface area contributed by atoms with E-state index in [4.69, 9.17) is 4.74 Å². The summed E-state index contributed by atoms with van der Waals surface area (Å²) in [6, 6.07) is 7.33. The van der Waals surface area contributed by atoms with Crippen molar-refractivity contribution in [2.24, 2.45) is 0 Å². The maximum atomic E-state index is 11.8. The van der Waals surface area contributed by atoms with Gasteiger partial charge in [-0.2, -0.15) is 4.74 Å². The fourth-order valence-electron chi connectivity index (χ4n) is 2.82. The Kier molecular flexibility index (Phi) is 9.03. The quantitative estimate of drug-likeness (QED) is 0.144. The summed E-state index contributed by atoms with van der Waals surface area (Å²) in [6.45, 7) is 10.2. The maximum Gasteiger partial charge on any atom is 0.306 e. The van der Waals surface area contributed by atoms with Crippen molar-refractivity contribution in [3.8, 4) is 0 Å². The van der Waals surface area contributed by atoms with E-state index in [0.29, 0.717) is 16.8 Å². The highest BCUT2D eigenvalue weighted by Crippen LogP contribution is 2.23. The number of rotatable bonds is 12. The van der Waals surface area contributed by atoms with E-state index in [1.54, 1.807) is 6.07 Å². The second kappa shape index (κ2) is 10.7. The number of unbranched alkanes of at least 4 members (excludes halogenated alkanes) is 3. The van der Waals surface area contributed by atoms with Crippen molar-refractivity contribution in [3.63, 3.8) is 0 Å². The van der Waals surface area contributed by atoms with Crippen LogP contribution in [0, 0.1) is 5.21 Å². The Bertz CT molecular complexity index is 556. The van der Waals surface area contributed by atoms with E-state index in [-0.39, 0.29) is 11.6 Å². The van der Waals surface area contributed by atoms with Crippen LogP contribution in [0.4, 0.5) is 11.4 Å². The first-order valence-electron chi connectivity index (χ1n) is 9.18. The lowest BCUT2D eigenvalue weighted by Gasteiger charge is -2.24. The maximum absolute atomic E-state index is 11.8. The molecule has 5 nitrogen and oxygen atoms in total. The van der Waals surface area contributed by atoms with Crippen LogP contribution < -0.4 is 5.32 Å². The number of nitrogens with zero attached hydrogens (tertiary/aromatic N) is 1. The standard InChI is InChI=1S/C20H32N2O3/c1-5-15-20(2,3)25-19(23)14-8-6-7-11-16-21-17-12-9-10-13-18(17)22(4)24/h9-10,12-13,21H,4-8,11,14-16H2,1-3H3. The molecule has 140 valence electrons. The molecule has 0 heterocycles. The van der Waals surface area contributed by atoms with Crippen molar-refractivity contribution in [2.45, 2.75) is 71.3 Å². The monoisotopic (exact) mass is 348 g/mol. The molecule has 0 aliphatic carbocycles. The summed E-state index contributed by atoms with van der Waals surface area (Å²) in [5, 5.41) is 14.6. The topological polar surface area (TPSA) is 64.4 Å². The molecular weight excluding hydrogens is 316 g/mol. The largest absolute Gasteiger partial charge is 0.619 e. The summed E-state index contributed by atoms with van der Waals surface area (Å²) in [7, 11) is 0. The van der Waals surface area contributed by atoms with E-state index in [1.165, 1.54) is 0 Å². The average molecular weight is 348 g/mol. The molecule has 1 rings (SSSR count). The molecule has 1 N–H and O–H groups in total. The molecule has 0 unspecified atom stereocenters. The highest BCUT2D eigenvalue weighted by molar-refractivity contribution is 5.69. The Morgan fingerprint density at radius 2 is 1.92 bits per heavy atom. The fourth-order valence-corrected chi connectivity index (χ4v) is 2.82. The van der Waals surface area contributed by atoms with E-state index in [2.05, 4.69) is 19.0 Å². The van der Waals surface area contributed by atoms with Crippen molar-refractivity contribution in [3.05, 3.63) is 29.5 Å². The SMILES string of the molecule is C=[N+]([O-])c1ccccc1NCCCCCCC(=O)OC(C)(C)CCC. The van der Waals surface area contributed by atoms with Gasteiger partial charge >= 0.3 is 5.97 Å². The van der Waals surface area contributed by atoms with Crippen molar-refractivity contribution < 1.29 is 14.3 Å². The molecule has 0 amide bonds. The number of anilines is 1. The summed E-state index contributed by atoms with van der Waals surface area (Å²) in [4.78, 5) is 11.8. The first-order valence-corrected chi connectivity index (χ1v) is 9.18. The van der Waals surface area contributed by atoms with E-state index >= 15 is 0 Å². The molecule has 0 saturated heterocycles. The Hall–Kier alpha value is -2.04. The van der Waals surface area contributed by atoms with E-state index in [9.17, 15) is 10.0 Å². The van der Waals surface area contributed by atoms with Gasteiger partial charge in [0.05, 0.1) is 0 Å². The summed E-state index contributed by atoms with van der Waals surface area (Å²) in [5.41, 5.74) is 0.987. The number of carbonyl (C=O) groups excluding carboxylic acids is 1. The lowest BCUT2D eigenvalue weighted by molar-refractivity contribution is -0.348. The molecule has 0 saturated carbocycles. The summed E-state index contributed by atoms with van der Waals surface area (Å²) in [6.07, 6.45) is 6.25. The smallest absolute Gasteiger partial charge is 0.306 e. The van der Waals surface area contributed by atoms with Crippen LogP contribution in [-0.4, -0.2) is 29.6 Å². The van der Waals surface area contributed by atoms with Crippen LogP contribution in [-0.2, 0) is 9.53 Å². The number of para-hydroxylation sites is 2. The van der Waals surface area contributed by atoms with E-state index in [1.807, 2.05) is 32.0 Å². The van der Waals surface area contributed by atoms with Gasteiger partial charge in [-0.05, 0) is 39.2 Å². The van der Waals surface area contributed by atoms with Crippen molar-refractivity contribution in [1.82, 2.24) is 0 Å². The normalized spacial score (nSPS) is 11.2. The predicted molar refractivity (Wildman–Crippen MR) is 104 cm³/mol. The van der Waals surface area contributed by atoms with Gasteiger partial charge in [-0.25, -0.2) is 0 Å². The van der Waals surface area contributed by atoms with Crippen LogP contribution in [0.5, 0.6) is 0 Å².